The Balaban J connectivity index is 2.19. The molecule has 0 atom stereocenters. The highest BCUT2D eigenvalue weighted by Gasteiger charge is 2.25. The fraction of sp³-hybridized carbons (Fsp3) is 0.211. The smallest absolute Gasteiger partial charge is 0.334 e. The van der Waals surface area contributed by atoms with Gasteiger partial charge in [-0.25, -0.2) is 13.2 Å². The minimum absolute atomic E-state index is 0.238. The minimum atomic E-state index is -3.28. The molecule has 1 saturated heterocycles. The summed E-state index contributed by atoms with van der Waals surface area (Å²) in [4.78, 5) is 12.4. The van der Waals surface area contributed by atoms with Crippen LogP contribution in [0.1, 0.15) is 23.1 Å². The van der Waals surface area contributed by atoms with Gasteiger partial charge in [0, 0.05) is 23.3 Å². The van der Waals surface area contributed by atoms with E-state index in [1.807, 2.05) is 19.1 Å². The number of sulfone groups is 1. The van der Waals surface area contributed by atoms with Crippen molar-refractivity contribution >= 4 is 33.0 Å². The van der Waals surface area contributed by atoms with Crippen LogP contribution in [-0.4, -0.2) is 27.2 Å². The Labute approximate surface area is 152 Å². The molecule has 1 aliphatic rings. The summed E-state index contributed by atoms with van der Waals surface area (Å²) in [6.07, 6.45) is 1.68. The molecule has 0 unspecified atom stereocenters. The van der Waals surface area contributed by atoms with Gasteiger partial charge in [0.2, 0.25) is 0 Å². The van der Waals surface area contributed by atoms with Gasteiger partial charge in [-0.1, -0.05) is 29.8 Å². The largest absolute Gasteiger partial charge is 0.462 e. The zero-order valence-corrected chi connectivity index (χ0v) is 15.4. The van der Waals surface area contributed by atoms with Crippen molar-refractivity contribution in [2.45, 2.75) is 18.2 Å². The van der Waals surface area contributed by atoms with Crippen molar-refractivity contribution < 1.29 is 17.9 Å². The fourth-order valence-electron chi connectivity index (χ4n) is 2.85. The van der Waals surface area contributed by atoms with Gasteiger partial charge in [0.15, 0.2) is 9.84 Å². The van der Waals surface area contributed by atoms with E-state index in [0.29, 0.717) is 23.6 Å². The van der Waals surface area contributed by atoms with Crippen LogP contribution in [0.15, 0.2) is 52.9 Å². The van der Waals surface area contributed by atoms with Crippen molar-refractivity contribution in [3.8, 4) is 0 Å². The van der Waals surface area contributed by atoms with Crippen LogP contribution in [0.5, 0.6) is 0 Å². The maximum absolute atomic E-state index is 12.1. The molecule has 0 aromatic heterocycles. The topological polar surface area (TPSA) is 60.4 Å². The van der Waals surface area contributed by atoms with Gasteiger partial charge >= 0.3 is 5.97 Å². The highest BCUT2D eigenvalue weighted by molar-refractivity contribution is 7.90. The van der Waals surface area contributed by atoms with Crippen molar-refractivity contribution in [2.75, 3.05) is 12.9 Å². The number of cyclic esters (lactones) is 1. The maximum Gasteiger partial charge on any atom is 0.334 e. The number of halogens is 1. The zero-order valence-electron chi connectivity index (χ0n) is 13.9. The number of hydrogen-bond donors (Lipinski definition) is 0. The molecule has 2 aromatic carbocycles. The van der Waals surface area contributed by atoms with Gasteiger partial charge in [-0.15, -0.1) is 0 Å². The van der Waals surface area contributed by atoms with Crippen molar-refractivity contribution in [3.05, 3.63) is 69.8 Å². The van der Waals surface area contributed by atoms with E-state index in [-0.39, 0.29) is 10.9 Å². The third kappa shape index (κ3) is 3.62. The van der Waals surface area contributed by atoms with E-state index < -0.39 is 9.84 Å². The molecular formula is C19H17ClO4S. The first-order chi connectivity index (χ1) is 11.8. The van der Waals surface area contributed by atoms with Gasteiger partial charge < -0.3 is 4.74 Å². The zero-order chi connectivity index (χ0) is 18.2. The average molecular weight is 377 g/mol. The van der Waals surface area contributed by atoms with Gasteiger partial charge in [-0.3, -0.25) is 0 Å². The van der Waals surface area contributed by atoms with E-state index in [9.17, 15) is 13.2 Å². The molecule has 2 aromatic rings. The summed E-state index contributed by atoms with van der Waals surface area (Å²) in [7, 11) is -3.28. The summed E-state index contributed by atoms with van der Waals surface area (Å²) in [6, 6.07) is 12.1. The molecule has 0 aliphatic carbocycles. The second-order valence-electron chi connectivity index (χ2n) is 6.00. The summed E-state index contributed by atoms with van der Waals surface area (Å²) < 4.78 is 28.4. The third-order valence-corrected chi connectivity index (χ3v) is 5.70. The maximum atomic E-state index is 12.1. The van der Waals surface area contributed by atoms with Gasteiger partial charge in [-0.05, 0) is 53.5 Å². The van der Waals surface area contributed by atoms with Crippen LogP contribution in [0, 0.1) is 6.92 Å². The number of benzene rings is 2. The lowest BCUT2D eigenvalue weighted by Crippen LogP contribution is -2.02. The quantitative estimate of drug-likeness (QED) is 0.603. The van der Waals surface area contributed by atoms with Gasteiger partial charge in [0.05, 0.1) is 11.5 Å². The number of ether oxygens (including phenoxy) is 1. The van der Waals surface area contributed by atoms with E-state index in [1.165, 1.54) is 0 Å². The Morgan fingerprint density at radius 3 is 2.24 bits per heavy atom. The molecule has 0 radical (unpaired) electrons. The lowest BCUT2D eigenvalue weighted by molar-refractivity contribution is -0.135. The SMILES string of the molecule is Cc1cc(/C(=C2/CCOC2=O)c2ccc(S(C)(=O)=O)cc2)ccc1Cl. The van der Waals surface area contributed by atoms with Crippen LogP contribution in [-0.2, 0) is 19.4 Å². The summed E-state index contributed by atoms with van der Waals surface area (Å²) in [5.74, 6) is -0.338. The molecule has 3 rings (SSSR count). The first-order valence-electron chi connectivity index (χ1n) is 7.74. The van der Waals surface area contributed by atoms with E-state index in [2.05, 4.69) is 0 Å². The van der Waals surface area contributed by atoms with Crippen LogP contribution in [0.3, 0.4) is 0 Å². The van der Waals surface area contributed by atoms with Crippen LogP contribution >= 0.6 is 11.6 Å². The average Bonchev–Trinajstić information content (AvgIpc) is 2.97. The molecule has 4 nitrogen and oxygen atoms in total. The highest BCUT2D eigenvalue weighted by atomic mass is 35.5. The molecule has 130 valence electrons. The van der Waals surface area contributed by atoms with Crippen LogP contribution in [0.2, 0.25) is 5.02 Å². The Morgan fingerprint density at radius 1 is 1.08 bits per heavy atom. The Kier molecular flexibility index (Phi) is 4.71. The lowest BCUT2D eigenvalue weighted by atomic mass is 9.91. The van der Waals surface area contributed by atoms with Crippen molar-refractivity contribution in [1.82, 2.24) is 0 Å². The second-order valence-corrected chi connectivity index (χ2v) is 8.42. The monoisotopic (exact) mass is 376 g/mol. The molecule has 0 bridgehead atoms. The van der Waals surface area contributed by atoms with Crippen molar-refractivity contribution in [3.63, 3.8) is 0 Å². The summed E-state index contributed by atoms with van der Waals surface area (Å²) in [5.41, 5.74) is 3.86. The van der Waals surface area contributed by atoms with E-state index >= 15 is 0 Å². The van der Waals surface area contributed by atoms with Crippen LogP contribution < -0.4 is 0 Å². The Morgan fingerprint density at radius 2 is 1.72 bits per heavy atom. The predicted molar refractivity (Wildman–Crippen MR) is 97.3 cm³/mol. The predicted octanol–water partition coefficient (Wildman–Crippen LogP) is 3.80. The van der Waals surface area contributed by atoms with Crippen molar-refractivity contribution in [1.29, 1.82) is 0 Å². The van der Waals surface area contributed by atoms with Crippen molar-refractivity contribution in [2.24, 2.45) is 0 Å². The van der Waals surface area contributed by atoms with E-state index in [1.54, 1.807) is 30.3 Å². The number of carbonyl (C=O) groups excluding carboxylic acids is 1. The number of carbonyl (C=O) groups is 1. The Bertz CT molecular complexity index is 973. The highest BCUT2D eigenvalue weighted by Crippen LogP contribution is 2.33. The van der Waals surface area contributed by atoms with Crippen LogP contribution in [0.4, 0.5) is 0 Å². The minimum Gasteiger partial charge on any atom is -0.462 e. The first-order valence-corrected chi connectivity index (χ1v) is 10.0. The molecule has 25 heavy (non-hydrogen) atoms. The summed E-state index contributed by atoms with van der Waals surface area (Å²) in [5, 5.41) is 0.648. The van der Waals surface area contributed by atoms with E-state index in [0.717, 1.165) is 28.5 Å². The van der Waals surface area contributed by atoms with Gasteiger partial charge in [-0.2, -0.15) is 0 Å². The molecule has 0 saturated carbocycles. The lowest BCUT2D eigenvalue weighted by Gasteiger charge is -2.13. The number of esters is 1. The fourth-order valence-corrected chi connectivity index (χ4v) is 3.59. The molecule has 0 amide bonds. The molecule has 1 heterocycles. The molecule has 0 spiro atoms. The normalized spacial score (nSPS) is 16.7. The third-order valence-electron chi connectivity index (χ3n) is 4.15. The first kappa shape index (κ1) is 17.7. The van der Waals surface area contributed by atoms with Crippen LogP contribution in [0.25, 0.3) is 5.57 Å². The standard InChI is InChI=1S/C19H17ClO4S/c1-12-11-14(5-8-17(12)20)18(16-9-10-24-19(16)21)13-3-6-15(7-4-13)25(2,22)23/h3-8,11H,9-10H2,1-2H3/b18-16-. The molecule has 1 fully saturated rings. The molecular weight excluding hydrogens is 360 g/mol. The van der Waals surface area contributed by atoms with E-state index in [4.69, 9.17) is 16.3 Å². The number of hydrogen-bond acceptors (Lipinski definition) is 4. The number of rotatable bonds is 3. The van der Waals surface area contributed by atoms with Gasteiger partial charge in [0.1, 0.15) is 0 Å². The molecule has 1 aliphatic heterocycles. The molecule has 6 heteroatoms. The summed E-state index contributed by atoms with van der Waals surface area (Å²) >= 11 is 6.12. The Hall–Kier alpha value is -2.11. The summed E-state index contributed by atoms with van der Waals surface area (Å²) in [6.45, 7) is 2.25. The van der Waals surface area contributed by atoms with Gasteiger partial charge in [0.25, 0.3) is 0 Å². The molecule has 0 N–H and O–H groups in total. The second kappa shape index (κ2) is 6.65. The number of aryl methyl sites for hydroxylation is 1.